The molecule has 1 aromatic rings. The number of rotatable bonds is 2. The van der Waals surface area contributed by atoms with Crippen LogP contribution in [0.15, 0.2) is 12.1 Å². The van der Waals surface area contributed by atoms with Gasteiger partial charge in [0.2, 0.25) is 0 Å². The second-order valence-corrected chi connectivity index (χ2v) is 7.04. The van der Waals surface area contributed by atoms with Gasteiger partial charge in [-0.3, -0.25) is 9.59 Å². The molecule has 4 heteroatoms. The van der Waals surface area contributed by atoms with Gasteiger partial charge in [0, 0.05) is 16.9 Å². The van der Waals surface area contributed by atoms with Crippen LogP contribution in [0.2, 0.25) is 0 Å². The zero-order valence-corrected chi connectivity index (χ0v) is 12.9. The van der Waals surface area contributed by atoms with Gasteiger partial charge < -0.3 is 10.2 Å². The molecule has 0 spiro atoms. The smallest absolute Gasteiger partial charge is 0.171 e. The number of carbonyl (C=O) groups is 2. The van der Waals surface area contributed by atoms with Gasteiger partial charge in [-0.25, -0.2) is 0 Å². The lowest BCUT2D eigenvalue weighted by atomic mass is 9.82. The summed E-state index contributed by atoms with van der Waals surface area (Å²) in [5.41, 5.74) is -1.25. The Bertz CT molecular complexity index is 510. The quantitative estimate of drug-likeness (QED) is 0.811. The number of Topliss-reactive ketones (excluding diaryl/α,β-unsaturated/α-hetero) is 2. The first kappa shape index (κ1) is 16.2. The molecule has 0 aliphatic rings. The fraction of sp³-hybridized carbons (Fsp3) is 0.500. The van der Waals surface area contributed by atoms with Crippen molar-refractivity contribution in [2.45, 2.75) is 41.5 Å². The van der Waals surface area contributed by atoms with Crippen molar-refractivity contribution in [2.75, 3.05) is 0 Å². The van der Waals surface area contributed by atoms with Gasteiger partial charge in [0.1, 0.15) is 11.5 Å². The Morgan fingerprint density at radius 3 is 1.30 bits per heavy atom. The Kier molecular flexibility index (Phi) is 3.99. The van der Waals surface area contributed by atoms with Crippen LogP contribution >= 0.6 is 0 Å². The molecule has 0 bridgehead atoms. The predicted octanol–water partition coefficient (Wildman–Crippen LogP) is 3.56. The van der Waals surface area contributed by atoms with Gasteiger partial charge in [0.05, 0.1) is 11.1 Å². The molecule has 0 heterocycles. The summed E-state index contributed by atoms with van der Waals surface area (Å²) in [6, 6.07) is 2.34. The van der Waals surface area contributed by atoms with Crippen molar-refractivity contribution in [1.29, 1.82) is 0 Å². The van der Waals surface area contributed by atoms with Crippen LogP contribution in [-0.2, 0) is 0 Å². The number of phenolic OH excluding ortho intramolecular Hbond substituents is 2. The van der Waals surface area contributed by atoms with Crippen LogP contribution in [0.3, 0.4) is 0 Å². The molecule has 0 aromatic heterocycles. The summed E-state index contributed by atoms with van der Waals surface area (Å²) >= 11 is 0. The molecule has 1 aromatic carbocycles. The second-order valence-electron chi connectivity index (χ2n) is 7.04. The van der Waals surface area contributed by atoms with E-state index in [0.717, 1.165) is 6.07 Å². The summed E-state index contributed by atoms with van der Waals surface area (Å²) in [7, 11) is 0. The fourth-order valence-electron chi connectivity index (χ4n) is 1.75. The molecule has 1 rings (SSSR count). The van der Waals surface area contributed by atoms with Crippen molar-refractivity contribution >= 4 is 11.6 Å². The van der Waals surface area contributed by atoms with Crippen LogP contribution < -0.4 is 0 Å². The Morgan fingerprint density at radius 2 is 1.05 bits per heavy atom. The molecule has 0 aliphatic heterocycles. The fourth-order valence-corrected chi connectivity index (χ4v) is 1.75. The third kappa shape index (κ3) is 3.18. The zero-order valence-electron chi connectivity index (χ0n) is 12.9. The van der Waals surface area contributed by atoms with Gasteiger partial charge in [0.15, 0.2) is 11.6 Å². The first-order valence-electron chi connectivity index (χ1n) is 6.51. The van der Waals surface area contributed by atoms with E-state index in [9.17, 15) is 19.8 Å². The van der Waals surface area contributed by atoms with E-state index in [1.165, 1.54) is 6.07 Å². The standard InChI is InChI=1S/C16H22O4/c1-15(2,3)13(19)9-7-10(12(18)8-11(9)17)14(20)16(4,5)6/h7-8,17-18H,1-6H3. The lowest BCUT2D eigenvalue weighted by molar-refractivity contribution is 0.0852. The molecule has 110 valence electrons. The summed E-state index contributed by atoms with van der Waals surface area (Å²) in [6.07, 6.45) is 0. The van der Waals surface area contributed by atoms with E-state index in [0.29, 0.717) is 0 Å². The summed E-state index contributed by atoms with van der Waals surface area (Å²) in [4.78, 5) is 24.5. The van der Waals surface area contributed by atoms with Gasteiger partial charge in [-0.1, -0.05) is 41.5 Å². The third-order valence-electron chi connectivity index (χ3n) is 2.97. The molecular formula is C16H22O4. The van der Waals surface area contributed by atoms with Crippen LogP contribution in [0.4, 0.5) is 0 Å². The molecule has 4 nitrogen and oxygen atoms in total. The highest BCUT2D eigenvalue weighted by atomic mass is 16.3. The monoisotopic (exact) mass is 278 g/mol. The Balaban J connectivity index is 3.45. The first-order valence-corrected chi connectivity index (χ1v) is 6.51. The van der Waals surface area contributed by atoms with Crippen LogP contribution in [0.25, 0.3) is 0 Å². The number of hydrogen-bond donors (Lipinski definition) is 2. The number of phenols is 2. The topological polar surface area (TPSA) is 74.6 Å². The van der Waals surface area contributed by atoms with Gasteiger partial charge in [0.25, 0.3) is 0 Å². The minimum Gasteiger partial charge on any atom is -0.507 e. The van der Waals surface area contributed by atoms with Gasteiger partial charge in [-0.15, -0.1) is 0 Å². The molecule has 0 atom stereocenters. The summed E-state index contributed by atoms with van der Waals surface area (Å²) in [5, 5.41) is 19.7. The maximum atomic E-state index is 12.3. The second kappa shape index (κ2) is 4.93. The Morgan fingerprint density at radius 1 is 0.750 bits per heavy atom. The average molecular weight is 278 g/mol. The zero-order chi connectivity index (χ0) is 15.9. The van der Waals surface area contributed by atoms with Crippen molar-refractivity contribution < 1.29 is 19.8 Å². The normalized spacial score (nSPS) is 12.3. The van der Waals surface area contributed by atoms with Gasteiger partial charge >= 0.3 is 0 Å². The number of hydrogen-bond acceptors (Lipinski definition) is 4. The highest BCUT2D eigenvalue weighted by Crippen LogP contribution is 2.35. The third-order valence-corrected chi connectivity index (χ3v) is 2.97. The van der Waals surface area contributed by atoms with Crippen molar-refractivity contribution in [3.05, 3.63) is 23.3 Å². The SMILES string of the molecule is CC(C)(C)C(=O)c1cc(C(=O)C(C)(C)C)c(O)cc1O. The highest BCUT2D eigenvalue weighted by Gasteiger charge is 2.30. The minimum atomic E-state index is -0.684. The van der Waals surface area contributed by atoms with E-state index in [-0.39, 0.29) is 34.2 Å². The molecule has 0 saturated heterocycles. The molecule has 0 fully saturated rings. The van der Waals surface area contributed by atoms with E-state index >= 15 is 0 Å². The van der Waals surface area contributed by atoms with Crippen LogP contribution in [0.1, 0.15) is 62.3 Å². The molecule has 0 amide bonds. The van der Waals surface area contributed by atoms with Crippen LogP contribution in [0.5, 0.6) is 11.5 Å². The largest absolute Gasteiger partial charge is 0.507 e. The molecule has 0 unspecified atom stereocenters. The number of ketones is 2. The molecule has 0 saturated carbocycles. The lowest BCUT2D eigenvalue weighted by Gasteiger charge is -2.21. The Hall–Kier alpha value is -1.84. The van der Waals surface area contributed by atoms with E-state index in [1.54, 1.807) is 41.5 Å². The van der Waals surface area contributed by atoms with Crippen molar-refractivity contribution in [3.63, 3.8) is 0 Å². The van der Waals surface area contributed by atoms with Crippen LogP contribution in [0, 0.1) is 10.8 Å². The predicted molar refractivity (Wildman–Crippen MR) is 77.3 cm³/mol. The van der Waals surface area contributed by atoms with E-state index in [2.05, 4.69) is 0 Å². The summed E-state index contributed by atoms with van der Waals surface area (Å²) in [6.45, 7) is 10.4. The van der Waals surface area contributed by atoms with E-state index in [4.69, 9.17) is 0 Å². The molecule has 0 aliphatic carbocycles. The van der Waals surface area contributed by atoms with Crippen LogP contribution in [-0.4, -0.2) is 21.8 Å². The lowest BCUT2D eigenvalue weighted by Crippen LogP contribution is -2.23. The van der Waals surface area contributed by atoms with E-state index in [1.807, 2.05) is 0 Å². The molecule has 0 radical (unpaired) electrons. The minimum absolute atomic E-state index is 0.0582. The molecular weight excluding hydrogens is 256 g/mol. The molecule has 2 N–H and O–H groups in total. The first-order chi connectivity index (χ1) is 8.85. The van der Waals surface area contributed by atoms with Crippen molar-refractivity contribution in [3.8, 4) is 11.5 Å². The number of benzene rings is 1. The number of aromatic hydroxyl groups is 2. The van der Waals surface area contributed by atoms with E-state index < -0.39 is 10.8 Å². The van der Waals surface area contributed by atoms with Gasteiger partial charge in [-0.2, -0.15) is 0 Å². The number of carbonyl (C=O) groups excluding carboxylic acids is 2. The van der Waals surface area contributed by atoms with Gasteiger partial charge in [-0.05, 0) is 6.07 Å². The highest BCUT2D eigenvalue weighted by molar-refractivity contribution is 6.07. The molecule has 20 heavy (non-hydrogen) atoms. The summed E-state index contributed by atoms with van der Waals surface area (Å²) < 4.78 is 0. The van der Waals surface area contributed by atoms with Crippen molar-refractivity contribution in [2.24, 2.45) is 10.8 Å². The maximum Gasteiger partial charge on any atom is 0.171 e. The maximum absolute atomic E-state index is 12.3. The summed E-state index contributed by atoms with van der Waals surface area (Å²) in [5.74, 6) is -1.18. The Labute approximate surface area is 119 Å². The average Bonchev–Trinajstić information content (AvgIpc) is 2.25. The van der Waals surface area contributed by atoms with Crippen molar-refractivity contribution in [1.82, 2.24) is 0 Å².